The van der Waals surface area contributed by atoms with E-state index in [4.69, 9.17) is 5.11 Å². The summed E-state index contributed by atoms with van der Waals surface area (Å²) in [7, 11) is 0. The van der Waals surface area contributed by atoms with Crippen LogP contribution in [0, 0.1) is 0 Å². The van der Waals surface area contributed by atoms with E-state index >= 15 is 0 Å². The molecule has 14 heavy (non-hydrogen) atoms. The van der Waals surface area contributed by atoms with Gasteiger partial charge >= 0.3 is 0 Å². The second-order valence-electron chi connectivity index (χ2n) is 2.99. The first-order valence-corrected chi connectivity index (χ1v) is 4.73. The van der Waals surface area contributed by atoms with Gasteiger partial charge in [0.15, 0.2) is 0 Å². The Morgan fingerprint density at radius 3 is 3.00 bits per heavy atom. The van der Waals surface area contributed by atoms with Gasteiger partial charge in [0.25, 0.3) is 0 Å². The van der Waals surface area contributed by atoms with Crippen molar-refractivity contribution in [1.82, 2.24) is 4.98 Å². The minimum Gasteiger partial charge on any atom is -0.392 e. The van der Waals surface area contributed by atoms with E-state index in [1.165, 1.54) is 0 Å². The molecule has 0 atom stereocenters. The molecular formula is C11H16N2O. The van der Waals surface area contributed by atoms with Gasteiger partial charge in [-0.1, -0.05) is 6.08 Å². The standard InChI is InChI=1S/C11H16N2O/c1-3-7-13(4-2)11-8-12-6-5-10(11)9-14/h3,5-6,8,14H,1,4,7,9H2,2H3. The first-order chi connectivity index (χ1) is 6.83. The van der Waals surface area contributed by atoms with E-state index in [2.05, 4.69) is 23.4 Å². The van der Waals surface area contributed by atoms with Crippen LogP contribution in [0.25, 0.3) is 0 Å². The maximum atomic E-state index is 9.15. The second-order valence-corrected chi connectivity index (χ2v) is 2.99. The van der Waals surface area contributed by atoms with Crippen LogP contribution in [0.1, 0.15) is 12.5 Å². The maximum Gasteiger partial charge on any atom is 0.0703 e. The third kappa shape index (κ3) is 2.33. The van der Waals surface area contributed by atoms with Gasteiger partial charge in [0.2, 0.25) is 0 Å². The summed E-state index contributed by atoms with van der Waals surface area (Å²) in [4.78, 5) is 6.17. The molecule has 1 N–H and O–H groups in total. The fraction of sp³-hybridized carbons (Fsp3) is 0.364. The van der Waals surface area contributed by atoms with Gasteiger partial charge in [0.05, 0.1) is 18.5 Å². The van der Waals surface area contributed by atoms with Gasteiger partial charge in [-0.2, -0.15) is 0 Å². The fourth-order valence-corrected chi connectivity index (χ4v) is 1.39. The van der Waals surface area contributed by atoms with Crippen molar-refractivity contribution in [2.75, 3.05) is 18.0 Å². The number of rotatable bonds is 5. The minimum absolute atomic E-state index is 0.0471. The molecule has 0 aromatic carbocycles. The molecule has 1 heterocycles. The first-order valence-electron chi connectivity index (χ1n) is 4.73. The summed E-state index contributed by atoms with van der Waals surface area (Å²) in [5, 5.41) is 9.15. The van der Waals surface area contributed by atoms with Crippen LogP contribution >= 0.6 is 0 Å². The van der Waals surface area contributed by atoms with Crippen molar-refractivity contribution in [2.24, 2.45) is 0 Å². The number of likely N-dealkylation sites (N-methyl/N-ethyl adjacent to an activating group) is 1. The van der Waals surface area contributed by atoms with Crippen LogP contribution in [-0.2, 0) is 6.61 Å². The van der Waals surface area contributed by atoms with E-state index in [1.807, 2.05) is 12.1 Å². The second kappa shape index (κ2) is 5.40. The van der Waals surface area contributed by atoms with Crippen LogP contribution in [0.2, 0.25) is 0 Å². The lowest BCUT2D eigenvalue weighted by atomic mass is 10.2. The van der Waals surface area contributed by atoms with Gasteiger partial charge in [0, 0.05) is 24.8 Å². The average molecular weight is 192 g/mol. The molecule has 3 heteroatoms. The van der Waals surface area contributed by atoms with Gasteiger partial charge in [-0.15, -0.1) is 6.58 Å². The van der Waals surface area contributed by atoms with Gasteiger partial charge in [-0.25, -0.2) is 0 Å². The number of aliphatic hydroxyl groups excluding tert-OH is 1. The lowest BCUT2D eigenvalue weighted by Crippen LogP contribution is -2.23. The summed E-state index contributed by atoms with van der Waals surface area (Å²) in [5.41, 5.74) is 1.89. The topological polar surface area (TPSA) is 36.4 Å². The van der Waals surface area contributed by atoms with E-state index in [0.717, 1.165) is 24.3 Å². The first kappa shape index (κ1) is 10.7. The number of aliphatic hydroxyl groups is 1. The van der Waals surface area contributed by atoms with Crippen molar-refractivity contribution in [1.29, 1.82) is 0 Å². The number of hydrogen-bond donors (Lipinski definition) is 1. The Balaban J connectivity index is 2.95. The highest BCUT2D eigenvalue weighted by atomic mass is 16.3. The molecule has 0 bridgehead atoms. The number of anilines is 1. The molecule has 3 nitrogen and oxygen atoms in total. The molecule has 0 aliphatic rings. The minimum atomic E-state index is 0.0471. The molecule has 0 saturated carbocycles. The van der Waals surface area contributed by atoms with Crippen molar-refractivity contribution in [3.8, 4) is 0 Å². The maximum absolute atomic E-state index is 9.15. The molecule has 1 rings (SSSR count). The largest absolute Gasteiger partial charge is 0.392 e. The van der Waals surface area contributed by atoms with Crippen molar-refractivity contribution >= 4 is 5.69 Å². The lowest BCUT2D eigenvalue weighted by Gasteiger charge is -2.23. The van der Waals surface area contributed by atoms with E-state index in [0.29, 0.717) is 0 Å². The summed E-state index contributed by atoms with van der Waals surface area (Å²) >= 11 is 0. The van der Waals surface area contributed by atoms with Gasteiger partial charge in [-0.05, 0) is 13.0 Å². The number of aromatic nitrogens is 1. The number of pyridine rings is 1. The third-order valence-corrected chi connectivity index (χ3v) is 2.13. The quantitative estimate of drug-likeness (QED) is 0.720. The SMILES string of the molecule is C=CCN(CC)c1cnccc1CO. The number of hydrogen-bond acceptors (Lipinski definition) is 3. The normalized spacial score (nSPS) is 9.86. The highest BCUT2D eigenvalue weighted by molar-refractivity contribution is 5.51. The van der Waals surface area contributed by atoms with E-state index < -0.39 is 0 Å². The summed E-state index contributed by atoms with van der Waals surface area (Å²) in [6.45, 7) is 7.47. The van der Waals surface area contributed by atoms with Crippen molar-refractivity contribution < 1.29 is 5.11 Å². The van der Waals surface area contributed by atoms with Gasteiger partial charge in [-0.3, -0.25) is 4.98 Å². The van der Waals surface area contributed by atoms with E-state index in [9.17, 15) is 0 Å². The highest BCUT2D eigenvalue weighted by Gasteiger charge is 2.07. The molecular weight excluding hydrogens is 176 g/mol. The molecule has 0 amide bonds. The molecule has 0 fully saturated rings. The Hall–Kier alpha value is -1.35. The summed E-state index contributed by atoms with van der Waals surface area (Å²) in [5.74, 6) is 0. The molecule has 0 radical (unpaired) electrons. The number of nitrogens with zero attached hydrogens (tertiary/aromatic N) is 2. The van der Waals surface area contributed by atoms with E-state index in [-0.39, 0.29) is 6.61 Å². The summed E-state index contributed by atoms with van der Waals surface area (Å²) in [6.07, 6.45) is 5.31. The van der Waals surface area contributed by atoms with Crippen molar-refractivity contribution in [2.45, 2.75) is 13.5 Å². The van der Waals surface area contributed by atoms with Crippen LogP contribution in [-0.4, -0.2) is 23.2 Å². The van der Waals surface area contributed by atoms with E-state index in [1.54, 1.807) is 12.4 Å². The van der Waals surface area contributed by atoms with Crippen LogP contribution < -0.4 is 4.90 Å². The Bertz CT molecular complexity index is 299. The Morgan fingerprint density at radius 1 is 1.64 bits per heavy atom. The van der Waals surface area contributed by atoms with Gasteiger partial charge in [0.1, 0.15) is 0 Å². The van der Waals surface area contributed by atoms with Crippen molar-refractivity contribution in [3.63, 3.8) is 0 Å². The lowest BCUT2D eigenvalue weighted by molar-refractivity contribution is 0.282. The van der Waals surface area contributed by atoms with Crippen LogP contribution in [0.3, 0.4) is 0 Å². The predicted octanol–water partition coefficient (Wildman–Crippen LogP) is 1.59. The molecule has 0 spiro atoms. The smallest absolute Gasteiger partial charge is 0.0703 e. The molecule has 0 saturated heterocycles. The molecule has 0 aliphatic carbocycles. The van der Waals surface area contributed by atoms with Crippen LogP contribution in [0.4, 0.5) is 5.69 Å². The summed E-state index contributed by atoms with van der Waals surface area (Å²) in [6, 6.07) is 1.83. The third-order valence-electron chi connectivity index (χ3n) is 2.13. The molecule has 1 aromatic heterocycles. The Kier molecular flexibility index (Phi) is 4.13. The average Bonchev–Trinajstić information content (AvgIpc) is 2.26. The zero-order valence-electron chi connectivity index (χ0n) is 8.48. The zero-order chi connectivity index (χ0) is 10.4. The molecule has 0 aliphatic heterocycles. The Labute approximate surface area is 84.7 Å². The van der Waals surface area contributed by atoms with Crippen LogP contribution in [0.15, 0.2) is 31.1 Å². The fourth-order valence-electron chi connectivity index (χ4n) is 1.39. The van der Waals surface area contributed by atoms with Crippen LogP contribution in [0.5, 0.6) is 0 Å². The monoisotopic (exact) mass is 192 g/mol. The highest BCUT2D eigenvalue weighted by Crippen LogP contribution is 2.18. The Morgan fingerprint density at radius 2 is 2.43 bits per heavy atom. The molecule has 1 aromatic rings. The predicted molar refractivity (Wildman–Crippen MR) is 58.2 cm³/mol. The zero-order valence-corrected chi connectivity index (χ0v) is 8.48. The summed E-state index contributed by atoms with van der Waals surface area (Å²) < 4.78 is 0. The van der Waals surface area contributed by atoms with Gasteiger partial charge < -0.3 is 10.0 Å². The molecule has 0 unspecified atom stereocenters. The molecule has 76 valence electrons. The van der Waals surface area contributed by atoms with Crippen molar-refractivity contribution in [3.05, 3.63) is 36.7 Å².